The molecule has 0 saturated carbocycles. The Kier molecular flexibility index (Phi) is 3.71. The first-order valence-electron chi connectivity index (χ1n) is 5.60. The maximum absolute atomic E-state index is 11.5. The van der Waals surface area contributed by atoms with Gasteiger partial charge in [0.25, 0.3) is 0 Å². The second-order valence-electron chi connectivity index (χ2n) is 3.99. The minimum Gasteiger partial charge on any atom is -0.481 e. The van der Waals surface area contributed by atoms with Crippen molar-refractivity contribution in [1.29, 1.82) is 0 Å². The monoisotopic (exact) mass is 268 g/mol. The number of anilines is 1. The molecule has 1 aromatic rings. The van der Waals surface area contributed by atoms with Gasteiger partial charge in [-0.1, -0.05) is 0 Å². The van der Waals surface area contributed by atoms with Crippen molar-refractivity contribution < 1.29 is 19.5 Å². The highest BCUT2D eigenvalue weighted by Crippen LogP contribution is 2.26. The van der Waals surface area contributed by atoms with E-state index in [0.29, 0.717) is 18.0 Å². The summed E-state index contributed by atoms with van der Waals surface area (Å²) in [4.78, 5) is 38.7. The van der Waals surface area contributed by atoms with Crippen molar-refractivity contribution >= 4 is 34.3 Å². The van der Waals surface area contributed by atoms with Crippen molar-refractivity contribution in [1.82, 2.24) is 4.98 Å². The molecule has 0 radical (unpaired) electrons. The number of thiazole rings is 1. The molecule has 6 nitrogen and oxygen atoms in total. The average Bonchev–Trinajstić information content (AvgIpc) is 2.86. The summed E-state index contributed by atoms with van der Waals surface area (Å²) in [7, 11) is 0. The Morgan fingerprint density at radius 1 is 1.39 bits per heavy atom. The van der Waals surface area contributed by atoms with Gasteiger partial charge in [0.2, 0.25) is 11.8 Å². The predicted molar refractivity (Wildman–Crippen MR) is 64.4 cm³/mol. The van der Waals surface area contributed by atoms with Crippen molar-refractivity contribution in [2.45, 2.75) is 32.1 Å². The van der Waals surface area contributed by atoms with Crippen LogP contribution in [0, 0.1) is 0 Å². The first-order chi connectivity index (χ1) is 8.58. The van der Waals surface area contributed by atoms with Gasteiger partial charge >= 0.3 is 5.97 Å². The van der Waals surface area contributed by atoms with Crippen LogP contribution in [-0.2, 0) is 20.8 Å². The first-order valence-corrected chi connectivity index (χ1v) is 6.48. The van der Waals surface area contributed by atoms with Gasteiger partial charge in [-0.2, -0.15) is 0 Å². The minimum absolute atomic E-state index is 0.0917. The lowest BCUT2D eigenvalue weighted by Gasteiger charge is -2.08. The van der Waals surface area contributed by atoms with E-state index >= 15 is 0 Å². The number of hydrogen-bond acceptors (Lipinski definition) is 5. The molecule has 0 spiro atoms. The molecule has 0 aromatic carbocycles. The van der Waals surface area contributed by atoms with Crippen LogP contribution >= 0.6 is 11.3 Å². The molecule has 1 aromatic heterocycles. The highest BCUT2D eigenvalue weighted by atomic mass is 32.1. The van der Waals surface area contributed by atoms with E-state index in [2.05, 4.69) is 4.98 Å². The van der Waals surface area contributed by atoms with E-state index in [9.17, 15) is 14.4 Å². The molecule has 1 fully saturated rings. The SMILES string of the molecule is O=C(O)CCCc1csc(N2C(=O)CCC2=O)n1. The lowest BCUT2D eigenvalue weighted by molar-refractivity contribution is -0.137. The summed E-state index contributed by atoms with van der Waals surface area (Å²) in [5.41, 5.74) is 0.726. The molecule has 1 saturated heterocycles. The molecule has 2 heterocycles. The van der Waals surface area contributed by atoms with Crippen molar-refractivity contribution in [3.63, 3.8) is 0 Å². The van der Waals surface area contributed by atoms with Crippen molar-refractivity contribution in [3.8, 4) is 0 Å². The molecule has 0 aliphatic carbocycles. The quantitative estimate of drug-likeness (QED) is 0.811. The fourth-order valence-corrected chi connectivity index (χ4v) is 2.62. The molecule has 2 rings (SSSR count). The Morgan fingerprint density at radius 3 is 2.67 bits per heavy atom. The number of imide groups is 1. The van der Waals surface area contributed by atoms with Gasteiger partial charge in [-0.15, -0.1) is 11.3 Å². The Labute approximate surface area is 107 Å². The van der Waals surface area contributed by atoms with Gasteiger partial charge in [0.05, 0.1) is 5.69 Å². The number of amides is 2. The van der Waals surface area contributed by atoms with Crippen molar-refractivity contribution in [2.24, 2.45) is 0 Å². The molecule has 1 aliphatic heterocycles. The minimum atomic E-state index is -0.838. The fraction of sp³-hybridized carbons (Fsp3) is 0.455. The Morgan fingerprint density at radius 2 is 2.06 bits per heavy atom. The van der Waals surface area contributed by atoms with E-state index in [1.54, 1.807) is 5.38 Å². The number of carboxylic acids is 1. The van der Waals surface area contributed by atoms with Crippen LogP contribution in [0.1, 0.15) is 31.4 Å². The van der Waals surface area contributed by atoms with Crippen LogP contribution in [0.3, 0.4) is 0 Å². The third kappa shape index (κ3) is 2.73. The standard InChI is InChI=1S/C11H12N2O4S/c14-8-4-5-9(15)13(8)11-12-7(6-18-11)2-1-3-10(16)17/h6H,1-5H2,(H,16,17). The Hall–Kier alpha value is -1.76. The van der Waals surface area contributed by atoms with E-state index in [1.165, 1.54) is 11.3 Å². The largest absolute Gasteiger partial charge is 0.481 e. The van der Waals surface area contributed by atoms with Crippen LogP contribution in [-0.4, -0.2) is 27.9 Å². The molecular weight excluding hydrogens is 256 g/mol. The van der Waals surface area contributed by atoms with Gasteiger partial charge in [-0.3, -0.25) is 14.4 Å². The summed E-state index contributed by atoms with van der Waals surface area (Å²) in [6.07, 6.45) is 1.62. The zero-order valence-corrected chi connectivity index (χ0v) is 10.4. The lowest BCUT2D eigenvalue weighted by atomic mass is 10.2. The topological polar surface area (TPSA) is 87.6 Å². The number of aliphatic carboxylic acids is 1. The van der Waals surface area contributed by atoms with Crippen LogP contribution < -0.4 is 4.90 Å². The highest BCUT2D eigenvalue weighted by Gasteiger charge is 2.32. The van der Waals surface area contributed by atoms with Gasteiger partial charge in [0.1, 0.15) is 0 Å². The molecule has 0 atom stereocenters. The number of rotatable bonds is 5. The predicted octanol–water partition coefficient (Wildman–Crippen LogP) is 1.20. The molecule has 1 aliphatic rings. The van der Waals surface area contributed by atoms with Crippen LogP contribution in [0.15, 0.2) is 5.38 Å². The van der Waals surface area contributed by atoms with Gasteiger partial charge in [0, 0.05) is 24.6 Å². The third-order valence-corrected chi connectivity index (χ3v) is 3.48. The van der Waals surface area contributed by atoms with Crippen LogP contribution in [0.2, 0.25) is 0 Å². The zero-order chi connectivity index (χ0) is 13.1. The third-order valence-electron chi connectivity index (χ3n) is 2.61. The van der Waals surface area contributed by atoms with E-state index in [1.807, 2.05) is 0 Å². The smallest absolute Gasteiger partial charge is 0.303 e. The van der Waals surface area contributed by atoms with Crippen LogP contribution in [0.5, 0.6) is 0 Å². The first kappa shape index (κ1) is 12.7. The van der Waals surface area contributed by atoms with E-state index in [-0.39, 0.29) is 31.1 Å². The maximum Gasteiger partial charge on any atom is 0.303 e. The number of hydrogen-bond donors (Lipinski definition) is 1. The molecule has 7 heteroatoms. The summed E-state index contributed by atoms with van der Waals surface area (Å²) < 4.78 is 0. The highest BCUT2D eigenvalue weighted by molar-refractivity contribution is 7.14. The fourth-order valence-electron chi connectivity index (χ4n) is 1.72. The summed E-state index contributed by atoms with van der Waals surface area (Å²) in [6.45, 7) is 0. The normalized spacial score (nSPS) is 15.4. The molecule has 1 N–H and O–H groups in total. The summed E-state index contributed by atoms with van der Waals surface area (Å²) in [6, 6.07) is 0. The number of aryl methyl sites for hydroxylation is 1. The second-order valence-corrected chi connectivity index (χ2v) is 4.83. The number of carboxylic acid groups (broad SMARTS) is 1. The maximum atomic E-state index is 11.5. The number of nitrogens with zero attached hydrogens (tertiary/aromatic N) is 2. The summed E-state index contributed by atoms with van der Waals surface area (Å²) in [5, 5.41) is 10.7. The number of carbonyl (C=O) groups excluding carboxylic acids is 2. The molecule has 0 unspecified atom stereocenters. The van der Waals surface area contributed by atoms with Gasteiger partial charge in [-0.05, 0) is 12.8 Å². The molecular formula is C11H12N2O4S. The average molecular weight is 268 g/mol. The van der Waals surface area contributed by atoms with Crippen molar-refractivity contribution in [2.75, 3.05) is 4.90 Å². The number of aromatic nitrogens is 1. The van der Waals surface area contributed by atoms with Crippen molar-refractivity contribution in [3.05, 3.63) is 11.1 Å². The molecule has 2 amide bonds. The van der Waals surface area contributed by atoms with Crippen LogP contribution in [0.25, 0.3) is 0 Å². The summed E-state index contributed by atoms with van der Waals surface area (Å²) >= 11 is 1.24. The second kappa shape index (κ2) is 5.26. The van der Waals surface area contributed by atoms with Gasteiger partial charge < -0.3 is 5.11 Å². The number of carbonyl (C=O) groups is 3. The Bertz CT molecular complexity index is 481. The van der Waals surface area contributed by atoms with Gasteiger partial charge in [-0.25, -0.2) is 9.88 Å². The molecule has 0 bridgehead atoms. The van der Waals surface area contributed by atoms with E-state index in [0.717, 1.165) is 10.6 Å². The van der Waals surface area contributed by atoms with E-state index in [4.69, 9.17) is 5.11 Å². The zero-order valence-electron chi connectivity index (χ0n) is 9.59. The van der Waals surface area contributed by atoms with E-state index < -0.39 is 5.97 Å². The van der Waals surface area contributed by atoms with Crippen LogP contribution in [0.4, 0.5) is 5.13 Å². The molecule has 96 valence electrons. The lowest BCUT2D eigenvalue weighted by Crippen LogP contribution is -2.28. The summed E-state index contributed by atoms with van der Waals surface area (Å²) in [5.74, 6) is -1.27. The Balaban J connectivity index is 1.99. The molecule has 18 heavy (non-hydrogen) atoms. The van der Waals surface area contributed by atoms with Gasteiger partial charge in [0.15, 0.2) is 5.13 Å².